The van der Waals surface area contributed by atoms with Gasteiger partial charge in [-0.05, 0) is 67.2 Å². The van der Waals surface area contributed by atoms with E-state index in [4.69, 9.17) is 16.3 Å². The highest BCUT2D eigenvalue weighted by Gasteiger charge is 2.21. The molecule has 5 rings (SSSR count). The molecule has 0 unspecified atom stereocenters. The standard InChI is InChI=1S/C28H27BrClN5O3/c1-33-11-13-34(14-12-33)18-35-25-10-7-21(29)16-24(25)26(28(35)37)31-32-27(36)20-5-8-23(9-6-20)38-17-19-3-2-4-22(30)15-19/h2-10,15-16,37H,11-14,17-18H2,1H3. The average Bonchev–Trinajstić information content (AvgIpc) is 3.17. The number of carbonyl (C=O) groups excluding carboxylic acids is 1. The van der Waals surface area contributed by atoms with E-state index in [1.165, 1.54) is 0 Å². The minimum atomic E-state index is -0.513. The van der Waals surface area contributed by atoms with Crippen LogP contribution in [0.5, 0.6) is 11.6 Å². The first-order valence-electron chi connectivity index (χ1n) is 12.2. The molecule has 2 heterocycles. The predicted molar refractivity (Wildman–Crippen MR) is 151 cm³/mol. The Bertz CT molecular complexity index is 1480. The molecule has 1 amide bonds. The number of likely N-dealkylation sites (N-methyl/N-ethyl adjacent to an activating group) is 1. The van der Waals surface area contributed by atoms with Crippen molar-refractivity contribution in [1.29, 1.82) is 0 Å². The van der Waals surface area contributed by atoms with Gasteiger partial charge in [0.1, 0.15) is 12.4 Å². The number of azo groups is 1. The molecule has 1 aromatic heterocycles. The number of amides is 1. The van der Waals surface area contributed by atoms with Gasteiger partial charge in [-0.3, -0.25) is 14.3 Å². The van der Waals surface area contributed by atoms with Gasteiger partial charge in [-0.1, -0.05) is 39.7 Å². The zero-order chi connectivity index (χ0) is 26.6. The van der Waals surface area contributed by atoms with Gasteiger partial charge in [0, 0.05) is 46.6 Å². The van der Waals surface area contributed by atoms with Crippen LogP contribution in [0, 0.1) is 0 Å². The lowest BCUT2D eigenvalue weighted by molar-refractivity contribution is 0.0995. The van der Waals surface area contributed by atoms with Gasteiger partial charge in [-0.2, -0.15) is 0 Å². The van der Waals surface area contributed by atoms with Crippen LogP contribution in [0.2, 0.25) is 5.02 Å². The van der Waals surface area contributed by atoms with Gasteiger partial charge < -0.3 is 14.7 Å². The third-order valence-corrected chi connectivity index (χ3v) is 7.27. The number of hydrogen-bond acceptors (Lipinski definition) is 6. The van der Waals surface area contributed by atoms with Crippen LogP contribution in [0.15, 0.2) is 81.4 Å². The van der Waals surface area contributed by atoms with Crippen LogP contribution in [-0.2, 0) is 13.3 Å². The molecule has 0 aliphatic carbocycles. The van der Waals surface area contributed by atoms with Gasteiger partial charge in [0.2, 0.25) is 5.88 Å². The van der Waals surface area contributed by atoms with Crippen molar-refractivity contribution >= 4 is 50.0 Å². The van der Waals surface area contributed by atoms with Gasteiger partial charge in [0.25, 0.3) is 5.91 Å². The van der Waals surface area contributed by atoms with Crippen molar-refractivity contribution in [3.63, 3.8) is 0 Å². The van der Waals surface area contributed by atoms with Gasteiger partial charge >= 0.3 is 0 Å². The van der Waals surface area contributed by atoms with E-state index < -0.39 is 5.91 Å². The molecule has 196 valence electrons. The number of ether oxygens (including phenoxy) is 1. The highest BCUT2D eigenvalue weighted by molar-refractivity contribution is 9.10. The second-order valence-electron chi connectivity index (χ2n) is 9.27. The molecular weight excluding hydrogens is 570 g/mol. The Labute approximate surface area is 234 Å². The van der Waals surface area contributed by atoms with E-state index in [0.717, 1.165) is 41.7 Å². The molecule has 4 aromatic rings. The van der Waals surface area contributed by atoms with Crippen LogP contribution < -0.4 is 4.74 Å². The first kappa shape index (κ1) is 26.4. The molecule has 0 spiro atoms. The van der Waals surface area contributed by atoms with Crippen molar-refractivity contribution in [3.05, 3.63) is 87.4 Å². The average molecular weight is 597 g/mol. The highest BCUT2D eigenvalue weighted by Crippen LogP contribution is 2.40. The fraction of sp³-hybridized carbons (Fsp3) is 0.250. The van der Waals surface area contributed by atoms with E-state index in [2.05, 4.69) is 43.0 Å². The number of fused-ring (bicyclic) bond motifs is 1. The minimum absolute atomic E-state index is 0.0154. The fourth-order valence-electron chi connectivity index (χ4n) is 4.37. The van der Waals surface area contributed by atoms with Crippen molar-refractivity contribution in [1.82, 2.24) is 14.4 Å². The molecule has 3 aromatic carbocycles. The topological polar surface area (TPSA) is 82.7 Å². The number of halogens is 2. The maximum atomic E-state index is 12.8. The van der Waals surface area contributed by atoms with Crippen LogP contribution >= 0.6 is 27.5 Å². The predicted octanol–water partition coefficient (Wildman–Crippen LogP) is 6.47. The quantitative estimate of drug-likeness (QED) is 0.247. The summed E-state index contributed by atoms with van der Waals surface area (Å²) < 4.78 is 8.45. The second kappa shape index (κ2) is 11.7. The lowest BCUT2D eigenvalue weighted by Crippen LogP contribution is -2.44. The number of hydrogen-bond donors (Lipinski definition) is 1. The van der Waals surface area contributed by atoms with Gasteiger partial charge in [-0.25, -0.2) is 0 Å². The Morgan fingerprint density at radius 3 is 2.55 bits per heavy atom. The molecule has 8 nitrogen and oxygen atoms in total. The van der Waals surface area contributed by atoms with E-state index in [0.29, 0.717) is 35.0 Å². The molecule has 0 radical (unpaired) electrons. The Hall–Kier alpha value is -3.24. The number of piperazine rings is 1. The maximum absolute atomic E-state index is 12.8. The number of aromatic hydroxyl groups is 1. The Balaban J connectivity index is 1.32. The number of rotatable bonds is 7. The van der Waals surface area contributed by atoms with Crippen LogP contribution in [0.1, 0.15) is 15.9 Å². The summed E-state index contributed by atoms with van der Waals surface area (Å²) in [5, 5.41) is 20.6. The summed E-state index contributed by atoms with van der Waals surface area (Å²) in [5.41, 5.74) is 2.41. The summed E-state index contributed by atoms with van der Waals surface area (Å²) in [5.74, 6) is 0.0898. The SMILES string of the molecule is CN1CCN(Cn2c(O)c(N=NC(=O)c3ccc(OCc4cccc(Cl)c4)cc3)c3cc(Br)ccc32)CC1. The van der Waals surface area contributed by atoms with Gasteiger partial charge in [0.05, 0.1) is 12.2 Å². The smallest absolute Gasteiger partial charge is 0.295 e. The Morgan fingerprint density at radius 2 is 1.82 bits per heavy atom. The van der Waals surface area contributed by atoms with E-state index in [9.17, 15) is 9.90 Å². The number of carbonyl (C=O) groups is 1. The second-order valence-corrected chi connectivity index (χ2v) is 10.6. The van der Waals surface area contributed by atoms with Crippen LogP contribution in [0.3, 0.4) is 0 Å². The highest BCUT2D eigenvalue weighted by atomic mass is 79.9. The molecule has 0 saturated carbocycles. The van der Waals surface area contributed by atoms with Crippen molar-refractivity contribution in [2.45, 2.75) is 13.3 Å². The summed E-state index contributed by atoms with van der Waals surface area (Å²) in [6.45, 7) is 4.63. The Morgan fingerprint density at radius 1 is 1.05 bits per heavy atom. The number of benzene rings is 3. The summed E-state index contributed by atoms with van der Waals surface area (Å²) in [6.07, 6.45) is 0. The van der Waals surface area contributed by atoms with Crippen LogP contribution in [0.25, 0.3) is 10.9 Å². The summed E-state index contributed by atoms with van der Waals surface area (Å²) >= 11 is 9.52. The zero-order valence-electron chi connectivity index (χ0n) is 20.8. The molecule has 38 heavy (non-hydrogen) atoms. The summed E-state index contributed by atoms with van der Waals surface area (Å²) in [7, 11) is 2.11. The van der Waals surface area contributed by atoms with E-state index in [1.54, 1.807) is 24.3 Å². The lowest BCUT2D eigenvalue weighted by atomic mass is 10.2. The lowest BCUT2D eigenvalue weighted by Gasteiger charge is -2.32. The summed E-state index contributed by atoms with van der Waals surface area (Å²) in [6, 6.07) is 19.9. The van der Waals surface area contributed by atoms with Gasteiger partial charge in [-0.15, -0.1) is 10.2 Å². The monoisotopic (exact) mass is 595 g/mol. The largest absolute Gasteiger partial charge is 0.493 e. The van der Waals surface area contributed by atoms with Crippen molar-refractivity contribution in [3.8, 4) is 11.6 Å². The molecule has 1 N–H and O–H groups in total. The number of aromatic nitrogens is 1. The first-order chi connectivity index (χ1) is 18.4. The van der Waals surface area contributed by atoms with E-state index in [1.807, 2.05) is 47.0 Å². The summed E-state index contributed by atoms with van der Waals surface area (Å²) in [4.78, 5) is 17.4. The molecule has 1 fully saturated rings. The minimum Gasteiger partial charge on any atom is -0.493 e. The fourth-order valence-corrected chi connectivity index (χ4v) is 4.94. The molecule has 1 aliphatic rings. The van der Waals surface area contributed by atoms with Crippen molar-refractivity contribution < 1.29 is 14.6 Å². The third kappa shape index (κ3) is 6.07. The van der Waals surface area contributed by atoms with Gasteiger partial charge in [0.15, 0.2) is 5.69 Å². The van der Waals surface area contributed by atoms with Crippen LogP contribution in [-0.4, -0.2) is 58.6 Å². The zero-order valence-corrected chi connectivity index (χ0v) is 23.2. The van der Waals surface area contributed by atoms with Crippen molar-refractivity contribution in [2.75, 3.05) is 33.2 Å². The molecule has 10 heteroatoms. The maximum Gasteiger partial charge on any atom is 0.295 e. The normalized spacial score (nSPS) is 14.9. The molecular formula is C28H27BrClN5O3. The number of nitrogens with zero attached hydrogens (tertiary/aromatic N) is 5. The molecule has 1 aliphatic heterocycles. The molecule has 0 atom stereocenters. The first-order valence-corrected chi connectivity index (χ1v) is 13.4. The van der Waals surface area contributed by atoms with Crippen molar-refractivity contribution in [2.24, 2.45) is 10.2 Å². The molecule has 0 bridgehead atoms. The molecule has 1 saturated heterocycles. The van der Waals surface area contributed by atoms with E-state index in [-0.39, 0.29) is 11.6 Å². The third-order valence-electron chi connectivity index (χ3n) is 6.55. The Kier molecular flexibility index (Phi) is 8.09. The van der Waals surface area contributed by atoms with E-state index >= 15 is 0 Å². The van der Waals surface area contributed by atoms with Crippen LogP contribution in [0.4, 0.5) is 5.69 Å².